The van der Waals surface area contributed by atoms with E-state index in [1.165, 1.54) is 40.3 Å². The molecular weight excluding hydrogens is 375 g/mol. The number of rotatable bonds is 3. The third kappa shape index (κ3) is 3.14. The standard InChI is InChI=1S/C23H24F3N3/c1-14-3-5-18-16(11-14)21-17-7-9-22(2,28-17)12-19(21)29(18)10-8-15-4-6-20(27-13-15)23(24,25)26/h3-6,11,13,17,28H,7-10,12H2,1-2H3. The Hall–Kier alpha value is -2.34. The van der Waals surface area contributed by atoms with Gasteiger partial charge in [0.2, 0.25) is 0 Å². The molecule has 0 saturated carbocycles. The molecule has 0 aliphatic carbocycles. The molecule has 2 aliphatic rings. The molecule has 3 aromatic rings. The summed E-state index contributed by atoms with van der Waals surface area (Å²) in [5.74, 6) is 0. The molecule has 1 aromatic carbocycles. The van der Waals surface area contributed by atoms with Crippen LogP contribution in [0.1, 0.15) is 53.9 Å². The van der Waals surface area contributed by atoms with Crippen molar-refractivity contribution in [2.75, 3.05) is 0 Å². The van der Waals surface area contributed by atoms with Crippen LogP contribution in [-0.4, -0.2) is 15.1 Å². The predicted molar refractivity (Wildman–Crippen MR) is 107 cm³/mol. The van der Waals surface area contributed by atoms with E-state index in [4.69, 9.17) is 0 Å². The molecule has 2 bridgehead atoms. The largest absolute Gasteiger partial charge is 0.433 e. The summed E-state index contributed by atoms with van der Waals surface area (Å²) in [6, 6.07) is 9.61. The smallest absolute Gasteiger partial charge is 0.344 e. The molecule has 2 unspecified atom stereocenters. The van der Waals surface area contributed by atoms with E-state index in [9.17, 15) is 13.2 Å². The Balaban J connectivity index is 1.51. The quantitative estimate of drug-likeness (QED) is 0.644. The van der Waals surface area contributed by atoms with Crippen molar-refractivity contribution in [2.24, 2.45) is 0 Å². The molecule has 2 atom stereocenters. The maximum Gasteiger partial charge on any atom is 0.433 e. The molecule has 2 aromatic heterocycles. The Morgan fingerprint density at radius 1 is 1.24 bits per heavy atom. The zero-order valence-corrected chi connectivity index (χ0v) is 16.6. The van der Waals surface area contributed by atoms with Gasteiger partial charge < -0.3 is 9.88 Å². The Morgan fingerprint density at radius 2 is 2.07 bits per heavy atom. The summed E-state index contributed by atoms with van der Waals surface area (Å²) in [6.07, 6.45) is 0.926. The molecule has 2 aliphatic heterocycles. The first-order chi connectivity index (χ1) is 13.7. The molecule has 5 rings (SSSR count). The molecule has 1 saturated heterocycles. The number of hydrogen-bond acceptors (Lipinski definition) is 2. The summed E-state index contributed by atoms with van der Waals surface area (Å²) in [5.41, 5.74) is 5.39. The number of alkyl halides is 3. The van der Waals surface area contributed by atoms with Gasteiger partial charge in [-0.3, -0.25) is 4.98 Å². The molecule has 1 N–H and O–H groups in total. The van der Waals surface area contributed by atoms with Crippen molar-refractivity contribution in [1.29, 1.82) is 0 Å². The van der Waals surface area contributed by atoms with Crippen LogP contribution in [0.5, 0.6) is 0 Å². The van der Waals surface area contributed by atoms with Gasteiger partial charge in [-0.1, -0.05) is 17.7 Å². The Labute approximate surface area is 167 Å². The summed E-state index contributed by atoms with van der Waals surface area (Å²) in [4.78, 5) is 3.61. The SMILES string of the molecule is Cc1ccc2c(c1)c1c(n2CCc2ccc(C(F)(F)F)nc2)CC2(C)CCC1N2. The fourth-order valence-electron chi connectivity index (χ4n) is 5.12. The number of aromatic nitrogens is 2. The zero-order chi connectivity index (χ0) is 20.4. The van der Waals surface area contributed by atoms with Gasteiger partial charge in [0.1, 0.15) is 5.69 Å². The van der Waals surface area contributed by atoms with Gasteiger partial charge >= 0.3 is 6.18 Å². The third-order valence-corrected chi connectivity index (χ3v) is 6.52. The molecule has 0 amide bonds. The third-order valence-electron chi connectivity index (χ3n) is 6.52. The van der Waals surface area contributed by atoms with Gasteiger partial charge in [-0.15, -0.1) is 0 Å². The van der Waals surface area contributed by atoms with E-state index in [0.717, 1.165) is 31.0 Å². The summed E-state index contributed by atoms with van der Waals surface area (Å²) in [7, 11) is 0. The molecule has 6 heteroatoms. The maximum absolute atomic E-state index is 12.8. The van der Waals surface area contributed by atoms with E-state index >= 15 is 0 Å². The average molecular weight is 399 g/mol. The minimum atomic E-state index is -4.40. The highest BCUT2D eigenvalue weighted by Crippen LogP contribution is 2.46. The molecule has 0 spiro atoms. The van der Waals surface area contributed by atoms with Gasteiger partial charge in [0.15, 0.2) is 0 Å². The highest BCUT2D eigenvalue weighted by atomic mass is 19.4. The van der Waals surface area contributed by atoms with Gasteiger partial charge in [-0.25, -0.2) is 0 Å². The topological polar surface area (TPSA) is 29.9 Å². The molecule has 0 radical (unpaired) electrons. The lowest BCUT2D eigenvalue weighted by molar-refractivity contribution is -0.141. The minimum absolute atomic E-state index is 0.134. The van der Waals surface area contributed by atoms with Crippen molar-refractivity contribution in [3.8, 4) is 0 Å². The van der Waals surface area contributed by atoms with Gasteiger partial charge in [0.05, 0.1) is 0 Å². The average Bonchev–Trinajstić information content (AvgIpc) is 3.13. The Bertz CT molecular complexity index is 1080. The van der Waals surface area contributed by atoms with Crippen LogP contribution < -0.4 is 5.32 Å². The monoisotopic (exact) mass is 399 g/mol. The number of nitrogens with one attached hydrogen (secondary N) is 1. The Morgan fingerprint density at radius 3 is 2.79 bits per heavy atom. The Kier molecular flexibility index (Phi) is 4.07. The van der Waals surface area contributed by atoms with Crippen molar-refractivity contribution < 1.29 is 13.2 Å². The lowest BCUT2D eigenvalue weighted by atomic mass is 9.91. The van der Waals surface area contributed by atoms with Crippen LogP contribution in [0.4, 0.5) is 13.2 Å². The predicted octanol–water partition coefficient (Wildman–Crippen LogP) is 5.35. The lowest BCUT2D eigenvalue weighted by Gasteiger charge is -2.32. The number of halogens is 3. The van der Waals surface area contributed by atoms with E-state index in [0.29, 0.717) is 12.5 Å². The second-order valence-corrected chi connectivity index (χ2v) is 8.81. The number of benzene rings is 1. The van der Waals surface area contributed by atoms with Crippen LogP contribution in [0.3, 0.4) is 0 Å². The van der Waals surface area contributed by atoms with E-state index in [2.05, 4.69) is 46.9 Å². The van der Waals surface area contributed by atoms with Crippen LogP contribution in [0.2, 0.25) is 0 Å². The number of nitrogens with zero attached hydrogens (tertiary/aromatic N) is 2. The van der Waals surface area contributed by atoms with Crippen LogP contribution in [0, 0.1) is 6.92 Å². The summed E-state index contributed by atoms with van der Waals surface area (Å²) in [6.45, 7) is 5.15. The second kappa shape index (κ2) is 6.33. The molecular formula is C23H24F3N3. The first kappa shape index (κ1) is 18.7. The molecule has 3 nitrogen and oxygen atoms in total. The van der Waals surface area contributed by atoms with E-state index in [1.54, 1.807) is 6.07 Å². The first-order valence-electron chi connectivity index (χ1n) is 10.1. The summed E-state index contributed by atoms with van der Waals surface area (Å²) in [5, 5.41) is 5.12. The van der Waals surface area contributed by atoms with Gasteiger partial charge in [-0.2, -0.15) is 13.2 Å². The highest BCUT2D eigenvalue weighted by molar-refractivity contribution is 5.87. The van der Waals surface area contributed by atoms with E-state index in [1.807, 2.05) is 0 Å². The van der Waals surface area contributed by atoms with Crippen molar-refractivity contribution in [3.05, 3.63) is 64.6 Å². The number of pyridine rings is 1. The maximum atomic E-state index is 12.8. The van der Waals surface area contributed by atoms with Gasteiger partial charge in [0.25, 0.3) is 0 Å². The van der Waals surface area contributed by atoms with Crippen molar-refractivity contribution in [2.45, 2.75) is 63.8 Å². The van der Waals surface area contributed by atoms with Crippen LogP contribution in [0.15, 0.2) is 36.5 Å². The normalized spacial score (nSPS) is 23.6. The van der Waals surface area contributed by atoms with E-state index in [-0.39, 0.29) is 5.54 Å². The van der Waals surface area contributed by atoms with Crippen molar-refractivity contribution in [3.63, 3.8) is 0 Å². The lowest BCUT2D eigenvalue weighted by Crippen LogP contribution is -2.43. The fourth-order valence-corrected chi connectivity index (χ4v) is 5.12. The summed E-state index contributed by atoms with van der Waals surface area (Å²) >= 11 is 0. The van der Waals surface area contributed by atoms with Crippen LogP contribution in [0.25, 0.3) is 10.9 Å². The summed E-state index contributed by atoms with van der Waals surface area (Å²) < 4.78 is 40.7. The number of hydrogen-bond donors (Lipinski definition) is 1. The van der Waals surface area contributed by atoms with Gasteiger partial charge in [0, 0.05) is 47.3 Å². The van der Waals surface area contributed by atoms with Crippen LogP contribution >= 0.6 is 0 Å². The van der Waals surface area contributed by atoms with Crippen molar-refractivity contribution >= 4 is 10.9 Å². The second-order valence-electron chi connectivity index (χ2n) is 8.81. The number of fused-ring (bicyclic) bond motifs is 6. The van der Waals surface area contributed by atoms with E-state index < -0.39 is 11.9 Å². The first-order valence-corrected chi connectivity index (χ1v) is 10.1. The molecule has 1 fully saturated rings. The van der Waals surface area contributed by atoms with Gasteiger partial charge in [-0.05, 0) is 62.4 Å². The zero-order valence-electron chi connectivity index (χ0n) is 16.6. The molecule has 4 heterocycles. The molecule has 29 heavy (non-hydrogen) atoms. The molecule has 152 valence electrons. The highest BCUT2D eigenvalue weighted by Gasteiger charge is 2.43. The fraction of sp³-hybridized carbons (Fsp3) is 0.435. The van der Waals surface area contributed by atoms with Crippen LogP contribution in [-0.2, 0) is 25.6 Å². The number of aryl methyl sites for hydroxylation is 3. The van der Waals surface area contributed by atoms with Crippen molar-refractivity contribution in [1.82, 2.24) is 14.9 Å². The minimum Gasteiger partial charge on any atom is -0.344 e.